The van der Waals surface area contributed by atoms with Crippen molar-refractivity contribution in [3.05, 3.63) is 71.7 Å². The lowest BCUT2D eigenvalue weighted by molar-refractivity contribution is -0.0591. The number of pyridine rings is 1. The van der Waals surface area contributed by atoms with E-state index in [1.54, 1.807) is 43.7 Å². The van der Waals surface area contributed by atoms with Gasteiger partial charge >= 0.3 is 5.97 Å². The highest BCUT2D eigenvalue weighted by Crippen LogP contribution is 2.24. The minimum Gasteiger partial charge on any atom is -0.323 e. The van der Waals surface area contributed by atoms with Crippen LogP contribution in [-0.4, -0.2) is 37.6 Å². The number of hydrogen-bond donors (Lipinski definition) is 0. The Morgan fingerprint density at radius 3 is 2.35 bits per heavy atom. The maximum atomic E-state index is 12.5. The van der Waals surface area contributed by atoms with Gasteiger partial charge in [-0.25, -0.2) is 4.79 Å². The lowest BCUT2D eigenvalue weighted by Gasteiger charge is -2.12. The highest BCUT2D eigenvalue weighted by Gasteiger charge is 2.39. The molecule has 1 aliphatic rings. The molecule has 4 rings (SSSR count). The van der Waals surface area contributed by atoms with Crippen LogP contribution < -0.4 is 0 Å². The third-order valence-corrected chi connectivity index (χ3v) is 3.98. The number of carbonyl (C=O) groups is 3. The molecule has 0 spiro atoms. The van der Waals surface area contributed by atoms with Crippen LogP contribution in [0.5, 0.6) is 0 Å². The standard InChI is InChI=1S/C18H12N4O4/c1-21-15(9-14(20-21)11-5-4-8-19-10-11)18(25)26-22-16(23)12-6-2-3-7-13(12)17(22)24/h2-10H,1H3. The average molecular weight is 348 g/mol. The Balaban J connectivity index is 1.59. The predicted molar refractivity (Wildman–Crippen MR) is 88.8 cm³/mol. The molecule has 0 bridgehead atoms. The second-order valence-corrected chi connectivity index (χ2v) is 5.61. The van der Waals surface area contributed by atoms with Crippen LogP contribution in [0.4, 0.5) is 0 Å². The summed E-state index contributed by atoms with van der Waals surface area (Å²) in [5, 5.41) is 4.72. The zero-order valence-electron chi connectivity index (χ0n) is 13.6. The van der Waals surface area contributed by atoms with E-state index in [1.807, 2.05) is 0 Å². The first-order chi connectivity index (χ1) is 12.6. The van der Waals surface area contributed by atoms with Gasteiger partial charge in [0.1, 0.15) is 5.69 Å². The van der Waals surface area contributed by atoms with E-state index >= 15 is 0 Å². The normalized spacial score (nSPS) is 13.0. The third kappa shape index (κ3) is 2.44. The molecule has 3 aromatic rings. The fraction of sp³-hybridized carbons (Fsp3) is 0.0556. The Morgan fingerprint density at radius 1 is 1.04 bits per heavy atom. The Hall–Kier alpha value is -3.81. The van der Waals surface area contributed by atoms with Crippen LogP contribution in [0.1, 0.15) is 31.2 Å². The van der Waals surface area contributed by atoms with Crippen molar-refractivity contribution in [3.8, 4) is 11.3 Å². The topological polar surface area (TPSA) is 94.4 Å². The van der Waals surface area contributed by atoms with Crippen LogP contribution in [-0.2, 0) is 11.9 Å². The summed E-state index contributed by atoms with van der Waals surface area (Å²) in [6.45, 7) is 0. The van der Waals surface area contributed by atoms with Crippen LogP contribution in [0.2, 0.25) is 0 Å². The zero-order valence-corrected chi connectivity index (χ0v) is 13.6. The summed E-state index contributed by atoms with van der Waals surface area (Å²) < 4.78 is 1.32. The molecule has 0 aliphatic carbocycles. The fourth-order valence-electron chi connectivity index (χ4n) is 2.69. The van der Waals surface area contributed by atoms with Crippen LogP contribution in [0, 0.1) is 0 Å². The summed E-state index contributed by atoms with van der Waals surface area (Å²) in [6.07, 6.45) is 3.24. The van der Waals surface area contributed by atoms with Gasteiger partial charge < -0.3 is 4.84 Å². The molecule has 2 amide bonds. The van der Waals surface area contributed by atoms with Crippen molar-refractivity contribution in [3.63, 3.8) is 0 Å². The molecule has 8 nitrogen and oxygen atoms in total. The van der Waals surface area contributed by atoms with Crippen molar-refractivity contribution >= 4 is 17.8 Å². The first-order valence-corrected chi connectivity index (χ1v) is 7.71. The van der Waals surface area contributed by atoms with Gasteiger partial charge in [0.05, 0.1) is 16.8 Å². The minimum atomic E-state index is -0.857. The number of aromatic nitrogens is 3. The zero-order chi connectivity index (χ0) is 18.3. The van der Waals surface area contributed by atoms with Gasteiger partial charge in [-0.3, -0.25) is 19.3 Å². The molecule has 3 heterocycles. The molecule has 1 aliphatic heterocycles. The molecule has 0 saturated heterocycles. The second-order valence-electron chi connectivity index (χ2n) is 5.61. The maximum absolute atomic E-state index is 12.5. The van der Waals surface area contributed by atoms with E-state index in [1.165, 1.54) is 22.9 Å². The van der Waals surface area contributed by atoms with Gasteiger partial charge in [-0.2, -0.15) is 5.10 Å². The van der Waals surface area contributed by atoms with Gasteiger partial charge in [0, 0.05) is 25.0 Å². The number of hydroxylamine groups is 2. The lowest BCUT2D eigenvalue weighted by atomic mass is 10.1. The van der Waals surface area contributed by atoms with Gasteiger partial charge in [0.2, 0.25) is 0 Å². The minimum absolute atomic E-state index is 0.0976. The molecule has 0 fully saturated rings. The highest BCUT2D eigenvalue weighted by molar-refractivity contribution is 6.21. The van der Waals surface area contributed by atoms with Crippen molar-refractivity contribution in [2.45, 2.75) is 0 Å². The smallest absolute Gasteiger partial charge is 0.323 e. The van der Waals surface area contributed by atoms with Crippen LogP contribution in [0.3, 0.4) is 0 Å². The SMILES string of the molecule is Cn1nc(-c2cccnc2)cc1C(=O)ON1C(=O)c2ccccc2C1=O. The number of hydrogen-bond acceptors (Lipinski definition) is 6. The van der Waals surface area contributed by atoms with E-state index in [9.17, 15) is 14.4 Å². The summed E-state index contributed by atoms with van der Waals surface area (Å²) in [4.78, 5) is 46.1. The van der Waals surface area contributed by atoms with E-state index in [0.29, 0.717) is 10.8 Å². The highest BCUT2D eigenvalue weighted by atomic mass is 16.7. The number of amides is 2. The van der Waals surface area contributed by atoms with E-state index in [4.69, 9.17) is 4.84 Å². The number of aryl methyl sites for hydroxylation is 1. The molecule has 128 valence electrons. The first-order valence-electron chi connectivity index (χ1n) is 7.71. The molecule has 0 atom stereocenters. The number of imide groups is 1. The van der Waals surface area contributed by atoms with Crippen molar-refractivity contribution in [1.29, 1.82) is 0 Å². The monoisotopic (exact) mass is 348 g/mol. The number of nitrogens with zero attached hydrogens (tertiary/aromatic N) is 4. The summed E-state index contributed by atoms with van der Waals surface area (Å²) in [6, 6.07) is 11.3. The summed E-state index contributed by atoms with van der Waals surface area (Å²) in [7, 11) is 1.57. The van der Waals surface area contributed by atoms with Gasteiger partial charge in [-0.15, -0.1) is 0 Å². The van der Waals surface area contributed by atoms with Crippen molar-refractivity contribution < 1.29 is 19.2 Å². The molecule has 26 heavy (non-hydrogen) atoms. The summed E-state index contributed by atoms with van der Waals surface area (Å²) in [5.41, 5.74) is 1.75. The number of benzene rings is 1. The average Bonchev–Trinajstić information content (AvgIpc) is 3.17. The van der Waals surface area contributed by atoms with Crippen molar-refractivity contribution in [1.82, 2.24) is 19.8 Å². The lowest BCUT2D eigenvalue weighted by Crippen LogP contribution is -2.33. The molecule has 8 heteroatoms. The Kier molecular flexibility index (Phi) is 3.58. The maximum Gasteiger partial charge on any atom is 0.381 e. The molecule has 0 radical (unpaired) electrons. The van der Waals surface area contributed by atoms with Gasteiger partial charge in [0.25, 0.3) is 11.8 Å². The summed E-state index contributed by atoms with van der Waals surface area (Å²) >= 11 is 0. The largest absolute Gasteiger partial charge is 0.381 e. The predicted octanol–water partition coefficient (Wildman–Crippen LogP) is 1.85. The van der Waals surface area contributed by atoms with E-state index in [-0.39, 0.29) is 16.8 Å². The van der Waals surface area contributed by atoms with Crippen molar-refractivity contribution in [2.75, 3.05) is 0 Å². The Labute approximate surface area is 147 Å². The molecule has 0 saturated carbocycles. The Morgan fingerprint density at radius 2 is 1.73 bits per heavy atom. The van der Waals surface area contributed by atoms with Crippen molar-refractivity contribution in [2.24, 2.45) is 7.05 Å². The van der Waals surface area contributed by atoms with E-state index in [2.05, 4.69) is 10.1 Å². The van der Waals surface area contributed by atoms with E-state index in [0.717, 1.165) is 5.56 Å². The number of fused-ring (bicyclic) bond motifs is 1. The quantitative estimate of drug-likeness (QED) is 0.671. The molecular formula is C18H12N4O4. The second kappa shape index (κ2) is 5.92. The first kappa shape index (κ1) is 15.7. The van der Waals surface area contributed by atoms with Crippen LogP contribution in [0.15, 0.2) is 54.9 Å². The van der Waals surface area contributed by atoms with E-state index < -0.39 is 17.8 Å². The number of rotatable bonds is 3. The molecule has 0 unspecified atom stereocenters. The third-order valence-electron chi connectivity index (χ3n) is 3.98. The number of carbonyl (C=O) groups excluding carboxylic acids is 3. The summed E-state index contributed by atoms with van der Waals surface area (Å²) in [5.74, 6) is -2.20. The molecule has 0 N–H and O–H groups in total. The van der Waals surface area contributed by atoms with Gasteiger partial charge in [-0.1, -0.05) is 17.2 Å². The van der Waals surface area contributed by atoms with Crippen LogP contribution >= 0.6 is 0 Å². The Bertz CT molecular complexity index is 1010. The fourth-order valence-corrected chi connectivity index (χ4v) is 2.69. The van der Waals surface area contributed by atoms with Crippen LogP contribution in [0.25, 0.3) is 11.3 Å². The molecular weight excluding hydrogens is 336 g/mol. The van der Waals surface area contributed by atoms with Gasteiger partial charge in [-0.05, 0) is 30.3 Å². The molecule has 1 aromatic carbocycles. The van der Waals surface area contributed by atoms with Gasteiger partial charge in [0.15, 0.2) is 0 Å². The molecule has 2 aromatic heterocycles.